The molecule has 2 N–H and O–H groups in total. The van der Waals surface area contributed by atoms with Gasteiger partial charge in [-0.05, 0) is 43.7 Å². The van der Waals surface area contributed by atoms with E-state index in [9.17, 15) is 4.79 Å². The highest BCUT2D eigenvalue weighted by Gasteiger charge is 2.35. The van der Waals surface area contributed by atoms with E-state index in [0.29, 0.717) is 12.1 Å². The van der Waals surface area contributed by atoms with Crippen LogP contribution >= 0.6 is 0 Å². The number of carbonyl (C=O) groups excluding carboxylic acids is 1. The fraction of sp³-hybridized carbons (Fsp3) is 0.286. The second-order valence-electron chi connectivity index (χ2n) is 6.89. The van der Waals surface area contributed by atoms with Crippen molar-refractivity contribution < 1.29 is 14.4 Å². The summed E-state index contributed by atoms with van der Waals surface area (Å²) in [5.41, 5.74) is 7.36. The zero-order chi connectivity index (χ0) is 19.0. The summed E-state index contributed by atoms with van der Waals surface area (Å²) in [5.74, 6) is 0.747. The molecule has 4 rings (SSSR count). The fourth-order valence-electron chi connectivity index (χ4n) is 3.63. The fourth-order valence-corrected chi connectivity index (χ4v) is 3.63. The van der Waals surface area contributed by atoms with Gasteiger partial charge in [-0.1, -0.05) is 24.3 Å². The molecular formula is C21H23N3O3. The minimum absolute atomic E-state index is 0.0747. The quantitative estimate of drug-likeness (QED) is 0.797. The van der Waals surface area contributed by atoms with E-state index in [4.69, 9.17) is 9.57 Å². The molecule has 6 nitrogen and oxygen atoms in total. The summed E-state index contributed by atoms with van der Waals surface area (Å²) in [6.07, 6.45) is 1.95. The molecule has 0 saturated heterocycles. The highest BCUT2D eigenvalue weighted by Crippen LogP contribution is 2.40. The first-order chi connectivity index (χ1) is 13.1. The third-order valence-electron chi connectivity index (χ3n) is 4.71. The van der Waals surface area contributed by atoms with E-state index in [0.717, 1.165) is 28.3 Å². The van der Waals surface area contributed by atoms with E-state index in [1.165, 1.54) is 0 Å². The van der Waals surface area contributed by atoms with Crippen LogP contribution < -0.4 is 20.4 Å². The zero-order valence-electron chi connectivity index (χ0n) is 15.7. The van der Waals surface area contributed by atoms with Gasteiger partial charge in [0.05, 0.1) is 30.2 Å². The molecule has 0 aromatic heterocycles. The molecule has 1 unspecified atom stereocenters. The number of hydrogen-bond donors (Lipinski definition) is 2. The molecule has 2 aliphatic rings. The van der Waals surface area contributed by atoms with Gasteiger partial charge in [0.15, 0.2) is 0 Å². The van der Waals surface area contributed by atoms with E-state index in [1.807, 2.05) is 56.3 Å². The molecule has 27 heavy (non-hydrogen) atoms. The Hall–Kier alpha value is -2.99. The van der Waals surface area contributed by atoms with Crippen molar-refractivity contribution in [2.75, 3.05) is 18.6 Å². The Bertz CT molecular complexity index is 890. The van der Waals surface area contributed by atoms with E-state index in [2.05, 4.69) is 21.8 Å². The average Bonchev–Trinajstić information content (AvgIpc) is 2.66. The Morgan fingerprint density at radius 1 is 1.15 bits per heavy atom. The van der Waals surface area contributed by atoms with Crippen LogP contribution in [0.4, 0.5) is 5.69 Å². The van der Waals surface area contributed by atoms with Gasteiger partial charge in [-0.25, -0.2) is 0 Å². The van der Waals surface area contributed by atoms with Crippen LogP contribution in [0.3, 0.4) is 0 Å². The van der Waals surface area contributed by atoms with Crippen LogP contribution in [0.2, 0.25) is 0 Å². The first-order valence-electron chi connectivity index (χ1n) is 9.05. The maximum atomic E-state index is 12.8. The van der Waals surface area contributed by atoms with Gasteiger partial charge >= 0.3 is 0 Å². The lowest BCUT2D eigenvalue weighted by molar-refractivity contribution is 0.0926. The zero-order valence-corrected chi connectivity index (χ0v) is 15.7. The normalized spacial score (nSPS) is 17.9. The maximum Gasteiger partial charge on any atom is 0.255 e. The summed E-state index contributed by atoms with van der Waals surface area (Å²) in [7, 11) is 1.58. The number of benzene rings is 2. The van der Waals surface area contributed by atoms with Crippen molar-refractivity contribution >= 4 is 17.3 Å². The number of nitrogens with one attached hydrogen (secondary N) is 2. The summed E-state index contributed by atoms with van der Waals surface area (Å²) in [6.45, 7) is 4.66. The summed E-state index contributed by atoms with van der Waals surface area (Å²) in [5, 5.41) is 3.12. The highest BCUT2D eigenvalue weighted by molar-refractivity contribution is 6.05. The molecule has 140 valence electrons. The third kappa shape index (κ3) is 3.13. The molecule has 6 heteroatoms. The number of hydroxylamine groups is 1. The van der Waals surface area contributed by atoms with E-state index in [-0.39, 0.29) is 18.2 Å². The summed E-state index contributed by atoms with van der Waals surface area (Å²) in [6, 6.07) is 13.6. The van der Waals surface area contributed by atoms with Gasteiger partial charge in [-0.15, -0.1) is 0 Å². The van der Waals surface area contributed by atoms with E-state index >= 15 is 0 Å². The van der Waals surface area contributed by atoms with Crippen LogP contribution in [0.25, 0.3) is 5.70 Å². The molecule has 2 aliphatic heterocycles. The second kappa shape index (κ2) is 6.96. The number of para-hydroxylation sites is 1. The number of ether oxygens (including phenoxy) is 1. The van der Waals surface area contributed by atoms with Crippen LogP contribution in [-0.2, 0) is 4.84 Å². The molecule has 0 fully saturated rings. The standard InChI is InChI=1S/C21H23N3O3/c1-13(2)27-15-9-7-14(8-10-15)20-22-21(25)17-6-4-5-16-18(23-26-3)11-12-24(20)19(16)17/h4-11,13,20,23H,12H2,1-3H3,(H,22,25). The van der Waals surface area contributed by atoms with Gasteiger partial charge in [0, 0.05) is 12.1 Å². The Labute approximate surface area is 158 Å². The molecule has 0 spiro atoms. The number of amides is 1. The van der Waals surface area contributed by atoms with Crippen LogP contribution in [0, 0.1) is 0 Å². The number of carbonyl (C=O) groups is 1. The SMILES string of the molecule is CONC1=CCN2c3c(cccc31)C(=O)NC2c1ccc(OC(C)C)cc1. The number of rotatable bonds is 5. The molecule has 0 radical (unpaired) electrons. The molecule has 0 bridgehead atoms. The topological polar surface area (TPSA) is 62.8 Å². The predicted molar refractivity (Wildman–Crippen MR) is 104 cm³/mol. The Balaban J connectivity index is 1.71. The minimum Gasteiger partial charge on any atom is -0.491 e. The highest BCUT2D eigenvalue weighted by atomic mass is 16.6. The third-order valence-corrected chi connectivity index (χ3v) is 4.71. The van der Waals surface area contributed by atoms with Crippen LogP contribution in [-0.4, -0.2) is 25.7 Å². The largest absolute Gasteiger partial charge is 0.491 e. The lowest BCUT2D eigenvalue weighted by Gasteiger charge is -2.42. The maximum absolute atomic E-state index is 12.8. The van der Waals surface area contributed by atoms with Crippen molar-refractivity contribution in [2.45, 2.75) is 26.1 Å². The average molecular weight is 365 g/mol. The first-order valence-corrected chi connectivity index (χ1v) is 9.05. The van der Waals surface area contributed by atoms with Crippen molar-refractivity contribution in [1.82, 2.24) is 10.8 Å². The van der Waals surface area contributed by atoms with Crippen molar-refractivity contribution in [3.63, 3.8) is 0 Å². The predicted octanol–water partition coefficient (Wildman–Crippen LogP) is 3.23. The Kier molecular flexibility index (Phi) is 4.49. The minimum atomic E-state index is -0.236. The lowest BCUT2D eigenvalue weighted by atomic mass is 9.95. The van der Waals surface area contributed by atoms with Crippen molar-refractivity contribution in [3.05, 3.63) is 65.2 Å². The molecule has 1 atom stereocenters. The summed E-state index contributed by atoms with van der Waals surface area (Å²) in [4.78, 5) is 20.0. The van der Waals surface area contributed by atoms with Crippen molar-refractivity contribution in [1.29, 1.82) is 0 Å². The Morgan fingerprint density at radius 3 is 2.59 bits per heavy atom. The van der Waals surface area contributed by atoms with Crippen LogP contribution in [0.1, 0.15) is 41.5 Å². The number of hydrogen-bond acceptors (Lipinski definition) is 5. The van der Waals surface area contributed by atoms with Crippen molar-refractivity contribution in [2.24, 2.45) is 0 Å². The molecule has 2 aromatic rings. The summed E-state index contributed by atoms with van der Waals surface area (Å²) >= 11 is 0. The van der Waals surface area contributed by atoms with Gasteiger partial charge in [-0.3, -0.25) is 15.1 Å². The monoisotopic (exact) mass is 365 g/mol. The lowest BCUT2D eigenvalue weighted by Crippen LogP contribution is -2.48. The van der Waals surface area contributed by atoms with Gasteiger partial charge in [-0.2, -0.15) is 0 Å². The first kappa shape index (κ1) is 17.4. The van der Waals surface area contributed by atoms with E-state index < -0.39 is 0 Å². The van der Waals surface area contributed by atoms with Crippen molar-refractivity contribution in [3.8, 4) is 5.75 Å². The molecule has 2 aromatic carbocycles. The molecule has 0 aliphatic carbocycles. The smallest absolute Gasteiger partial charge is 0.255 e. The van der Waals surface area contributed by atoms with E-state index in [1.54, 1.807) is 7.11 Å². The number of anilines is 1. The van der Waals surface area contributed by atoms with Gasteiger partial charge < -0.3 is 15.0 Å². The molecular weight excluding hydrogens is 342 g/mol. The molecule has 1 amide bonds. The molecule has 2 heterocycles. The Morgan fingerprint density at radius 2 is 1.89 bits per heavy atom. The van der Waals surface area contributed by atoms with Crippen LogP contribution in [0.5, 0.6) is 5.75 Å². The number of nitrogens with zero attached hydrogens (tertiary/aromatic N) is 1. The van der Waals surface area contributed by atoms with Gasteiger partial charge in [0.2, 0.25) is 0 Å². The second-order valence-corrected chi connectivity index (χ2v) is 6.89. The van der Waals surface area contributed by atoms with Gasteiger partial charge in [0.25, 0.3) is 5.91 Å². The van der Waals surface area contributed by atoms with Crippen LogP contribution in [0.15, 0.2) is 48.5 Å². The molecule has 0 saturated carbocycles. The van der Waals surface area contributed by atoms with Gasteiger partial charge in [0.1, 0.15) is 11.9 Å². The summed E-state index contributed by atoms with van der Waals surface area (Å²) < 4.78 is 5.73.